The summed E-state index contributed by atoms with van der Waals surface area (Å²) in [4.78, 5) is 11.6. The van der Waals surface area contributed by atoms with Crippen LogP contribution in [0.15, 0.2) is 24.3 Å². The van der Waals surface area contributed by atoms with Gasteiger partial charge in [0.25, 0.3) is 0 Å². The Kier molecular flexibility index (Phi) is 3.57. The molecule has 0 spiro atoms. The average Bonchev–Trinajstić information content (AvgIpc) is 2.89. The second-order valence-corrected chi connectivity index (χ2v) is 4.84. The summed E-state index contributed by atoms with van der Waals surface area (Å²) >= 11 is 0. The van der Waals surface area contributed by atoms with Gasteiger partial charge in [0.2, 0.25) is 11.7 Å². The minimum Gasteiger partial charge on any atom is -0.350 e. The molecule has 1 aromatic carbocycles. The van der Waals surface area contributed by atoms with Gasteiger partial charge in [-0.05, 0) is 24.6 Å². The number of nitrogens with zero attached hydrogens (tertiary/aromatic N) is 3. The minimum atomic E-state index is -0.870. The number of carbonyl (C=O) groups is 1. The van der Waals surface area contributed by atoms with Gasteiger partial charge >= 0.3 is 0 Å². The van der Waals surface area contributed by atoms with Crippen molar-refractivity contribution in [1.29, 1.82) is 0 Å². The van der Waals surface area contributed by atoms with Crippen molar-refractivity contribution in [2.24, 2.45) is 5.73 Å². The molecule has 1 amide bonds. The molecule has 7 heteroatoms. The predicted octanol–water partition coefficient (Wildman–Crippen LogP) is 0.220. The third-order valence-electron chi connectivity index (χ3n) is 2.60. The van der Waals surface area contributed by atoms with Crippen LogP contribution in [0.5, 0.6) is 0 Å². The first-order valence-electron chi connectivity index (χ1n) is 5.87. The third kappa shape index (κ3) is 3.35. The van der Waals surface area contributed by atoms with Crippen LogP contribution in [0.1, 0.15) is 19.4 Å². The van der Waals surface area contributed by atoms with Crippen LogP contribution in [-0.2, 0) is 11.3 Å². The van der Waals surface area contributed by atoms with Gasteiger partial charge < -0.3 is 11.1 Å². The molecule has 4 N–H and O–H groups in total. The topological polar surface area (TPSA) is 110 Å². The summed E-state index contributed by atoms with van der Waals surface area (Å²) in [5, 5.41) is 16.5. The summed E-state index contributed by atoms with van der Waals surface area (Å²) in [6.07, 6.45) is 0. The monoisotopic (exact) mass is 260 g/mol. The molecule has 19 heavy (non-hydrogen) atoms. The molecule has 1 heterocycles. The quantitative estimate of drug-likeness (QED) is 0.728. The molecule has 2 aromatic rings. The molecule has 0 aliphatic heterocycles. The summed E-state index contributed by atoms with van der Waals surface area (Å²) < 4.78 is 0. The number of tetrazole rings is 1. The number of carbonyl (C=O) groups excluding carboxylic acids is 1. The highest BCUT2D eigenvalue weighted by molar-refractivity contribution is 5.84. The van der Waals surface area contributed by atoms with Crippen LogP contribution in [0.3, 0.4) is 0 Å². The number of nitrogens with two attached hydrogens (primary N) is 1. The number of hydrogen-bond acceptors (Lipinski definition) is 5. The van der Waals surface area contributed by atoms with Crippen molar-refractivity contribution < 1.29 is 4.79 Å². The zero-order valence-electron chi connectivity index (χ0n) is 10.8. The van der Waals surface area contributed by atoms with Crippen LogP contribution in [0, 0.1) is 0 Å². The van der Waals surface area contributed by atoms with Gasteiger partial charge in [0, 0.05) is 12.1 Å². The zero-order chi connectivity index (χ0) is 13.9. The largest absolute Gasteiger partial charge is 0.350 e. The zero-order valence-corrected chi connectivity index (χ0v) is 10.8. The van der Waals surface area contributed by atoms with Crippen molar-refractivity contribution in [3.63, 3.8) is 0 Å². The summed E-state index contributed by atoms with van der Waals surface area (Å²) in [6, 6.07) is 7.55. The Labute approximate surface area is 110 Å². The smallest absolute Gasteiger partial charge is 0.239 e. The van der Waals surface area contributed by atoms with Gasteiger partial charge in [-0.25, -0.2) is 0 Å². The maximum atomic E-state index is 11.6. The van der Waals surface area contributed by atoms with Crippen LogP contribution in [0.25, 0.3) is 11.4 Å². The van der Waals surface area contributed by atoms with E-state index in [9.17, 15) is 4.79 Å². The molecular formula is C12H16N6O. The van der Waals surface area contributed by atoms with Crippen LogP contribution in [0.4, 0.5) is 0 Å². The molecule has 0 fully saturated rings. The summed E-state index contributed by atoms with van der Waals surface area (Å²) in [6.45, 7) is 3.77. The average molecular weight is 260 g/mol. The molecule has 0 bridgehead atoms. The highest BCUT2D eigenvalue weighted by atomic mass is 16.2. The standard InChI is InChI=1S/C12H16N6O/c1-12(2,13)11(19)14-7-8-3-5-9(6-4-8)10-15-17-18-16-10/h3-6H,7,13H2,1-2H3,(H,14,19)(H,15,16,17,18). The van der Waals surface area contributed by atoms with E-state index in [-0.39, 0.29) is 5.91 Å². The maximum absolute atomic E-state index is 11.6. The molecule has 0 atom stereocenters. The normalized spacial score (nSPS) is 11.3. The van der Waals surface area contributed by atoms with Crippen molar-refractivity contribution in [3.05, 3.63) is 29.8 Å². The van der Waals surface area contributed by atoms with Gasteiger partial charge in [0.05, 0.1) is 5.54 Å². The molecule has 0 saturated heterocycles. The molecule has 0 unspecified atom stereocenters. The molecule has 0 saturated carbocycles. The number of rotatable bonds is 4. The number of aromatic amines is 1. The molecule has 1 aromatic heterocycles. The van der Waals surface area contributed by atoms with Gasteiger partial charge in [0.15, 0.2) is 0 Å². The van der Waals surface area contributed by atoms with E-state index in [1.54, 1.807) is 13.8 Å². The molecule has 100 valence electrons. The Bertz CT molecular complexity index is 541. The lowest BCUT2D eigenvalue weighted by atomic mass is 10.1. The number of nitrogens with one attached hydrogen (secondary N) is 2. The van der Waals surface area contributed by atoms with E-state index in [1.807, 2.05) is 24.3 Å². The van der Waals surface area contributed by atoms with E-state index >= 15 is 0 Å². The number of H-pyrrole nitrogens is 1. The number of aromatic nitrogens is 4. The Morgan fingerprint density at radius 3 is 2.58 bits per heavy atom. The Balaban J connectivity index is 1.98. The van der Waals surface area contributed by atoms with E-state index in [0.717, 1.165) is 11.1 Å². The fourth-order valence-corrected chi connectivity index (χ4v) is 1.47. The summed E-state index contributed by atoms with van der Waals surface area (Å²) in [7, 11) is 0. The van der Waals surface area contributed by atoms with E-state index < -0.39 is 5.54 Å². The second-order valence-electron chi connectivity index (χ2n) is 4.84. The van der Waals surface area contributed by atoms with Gasteiger partial charge in [0.1, 0.15) is 0 Å². The van der Waals surface area contributed by atoms with Crippen LogP contribution in [-0.4, -0.2) is 32.1 Å². The fourth-order valence-electron chi connectivity index (χ4n) is 1.47. The molecule has 7 nitrogen and oxygen atoms in total. The highest BCUT2D eigenvalue weighted by Gasteiger charge is 2.20. The highest BCUT2D eigenvalue weighted by Crippen LogP contribution is 2.13. The van der Waals surface area contributed by atoms with Crippen LogP contribution < -0.4 is 11.1 Å². The number of amides is 1. The molecule has 2 rings (SSSR count). The number of benzene rings is 1. The van der Waals surface area contributed by atoms with E-state index in [0.29, 0.717) is 12.4 Å². The van der Waals surface area contributed by atoms with Gasteiger partial charge in [-0.2, -0.15) is 5.21 Å². The lowest BCUT2D eigenvalue weighted by molar-refractivity contribution is -0.125. The van der Waals surface area contributed by atoms with E-state index in [2.05, 4.69) is 25.9 Å². The van der Waals surface area contributed by atoms with Crippen LogP contribution in [0.2, 0.25) is 0 Å². The first-order chi connectivity index (χ1) is 8.97. The van der Waals surface area contributed by atoms with Crippen molar-refractivity contribution in [3.8, 4) is 11.4 Å². The first-order valence-corrected chi connectivity index (χ1v) is 5.87. The Morgan fingerprint density at radius 2 is 2.05 bits per heavy atom. The van der Waals surface area contributed by atoms with Crippen molar-refractivity contribution in [2.75, 3.05) is 0 Å². The predicted molar refractivity (Wildman–Crippen MR) is 69.7 cm³/mol. The van der Waals surface area contributed by atoms with Crippen molar-refractivity contribution >= 4 is 5.91 Å². The third-order valence-corrected chi connectivity index (χ3v) is 2.60. The van der Waals surface area contributed by atoms with Crippen molar-refractivity contribution in [1.82, 2.24) is 25.9 Å². The SMILES string of the molecule is CC(C)(N)C(=O)NCc1ccc(-c2nn[nH]n2)cc1. The Hall–Kier alpha value is -2.28. The molecule has 0 aliphatic rings. The van der Waals surface area contributed by atoms with Gasteiger partial charge in [-0.1, -0.05) is 24.3 Å². The van der Waals surface area contributed by atoms with E-state index in [1.165, 1.54) is 0 Å². The van der Waals surface area contributed by atoms with Crippen LogP contribution >= 0.6 is 0 Å². The van der Waals surface area contributed by atoms with Crippen molar-refractivity contribution in [2.45, 2.75) is 25.9 Å². The molecule has 0 aliphatic carbocycles. The molecule has 0 radical (unpaired) electrons. The van der Waals surface area contributed by atoms with Gasteiger partial charge in [-0.3, -0.25) is 4.79 Å². The molecular weight excluding hydrogens is 244 g/mol. The summed E-state index contributed by atoms with van der Waals surface area (Å²) in [5.74, 6) is 0.355. The first kappa shape index (κ1) is 13.2. The lowest BCUT2D eigenvalue weighted by Gasteiger charge is -2.17. The maximum Gasteiger partial charge on any atom is 0.239 e. The number of hydrogen-bond donors (Lipinski definition) is 3. The minimum absolute atomic E-state index is 0.185. The van der Waals surface area contributed by atoms with Gasteiger partial charge in [-0.15, -0.1) is 10.2 Å². The lowest BCUT2D eigenvalue weighted by Crippen LogP contribution is -2.48. The summed E-state index contributed by atoms with van der Waals surface area (Å²) in [5.41, 5.74) is 6.66. The van der Waals surface area contributed by atoms with E-state index in [4.69, 9.17) is 5.73 Å². The second kappa shape index (κ2) is 5.15. The fraction of sp³-hybridized carbons (Fsp3) is 0.333. The Morgan fingerprint density at radius 1 is 1.37 bits per heavy atom.